The van der Waals surface area contributed by atoms with Gasteiger partial charge in [-0.1, -0.05) is 62.8 Å². The molecule has 0 bridgehead atoms. The highest BCUT2D eigenvalue weighted by Gasteiger charge is 2.29. The van der Waals surface area contributed by atoms with Crippen molar-refractivity contribution in [1.82, 2.24) is 0 Å². The van der Waals surface area contributed by atoms with Crippen LogP contribution in [0.5, 0.6) is 0 Å². The highest BCUT2D eigenvalue weighted by molar-refractivity contribution is 6.76. The number of unbranched alkanes of at least 4 members (excludes halogenated alkanes) is 2. The minimum atomic E-state index is -0.905. The van der Waals surface area contributed by atoms with Gasteiger partial charge in [0.25, 0.3) is 0 Å². The zero-order valence-electron chi connectivity index (χ0n) is 18.4. The van der Waals surface area contributed by atoms with Crippen LogP contribution in [0, 0.1) is 5.92 Å². The summed E-state index contributed by atoms with van der Waals surface area (Å²) in [4.78, 5) is 24.1. The van der Waals surface area contributed by atoms with Gasteiger partial charge in [0.1, 0.15) is 0 Å². The van der Waals surface area contributed by atoms with Gasteiger partial charge in [-0.25, -0.2) is 0 Å². The number of rotatable bonds is 13. The highest BCUT2D eigenvalue weighted by Crippen LogP contribution is 2.17. The first-order valence-corrected chi connectivity index (χ1v) is 14.4. The summed E-state index contributed by atoms with van der Waals surface area (Å²) in [6.07, 6.45) is 6.05. The minimum absolute atomic E-state index is 0.265. The molecule has 0 atom stereocenters. The van der Waals surface area contributed by atoms with Crippen LogP contribution < -0.4 is 0 Å². The second-order valence-electron chi connectivity index (χ2n) is 8.53. The van der Waals surface area contributed by atoms with Crippen molar-refractivity contribution in [3.8, 4) is 0 Å². The molecular weight excluding hydrogens is 368 g/mol. The number of hydrogen-bond acceptors (Lipinski definition) is 4. The Morgan fingerprint density at radius 3 is 1.79 bits per heavy atom. The highest BCUT2D eigenvalue weighted by atomic mass is 28.3. The van der Waals surface area contributed by atoms with Gasteiger partial charge in [-0.05, 0) is 50.7 Å². The predicted octanol–water partition coefficient (Wildman–Crippen LogP) is 5.41. The molecule has 0 heterocycles. The van der Waals surface area contributed by atoms with E-state index in [0.717, 1.165) is 12.0 Å². The van der Waals surface area contributed by atoms with Crippen LogP contribution in [-0.4, -0.2) is 33.2 Å². The van der Waals surface area contributed by atoms with Crippen molar-refractivity contribution >= 4 is 20.0 Å². The van der Waals surface area contributed by atoms with Crippen molar-refractivity contribution < 1.29 is 19.1 Å². The van der Waals surface area contributed by atoms with Crippen LogP contribution >= 0.6 is 0 Å². The standard InChI is InChI=1S/C23H38O4Si/c1-6-26-22(24)21(23(25)27-7-2)17-16-20-14-12-19(13-15-20)11-9-8-10-18-28(3,4)5/h12-15,21H,6-11,16-18H2,1-5H3. The van der Waals surface area contributed by atoms with Crippen molar-refractivity contribution in [2.24, 2.45) is 5.92 Å². The Balaban J connectivity index is 2.47. The Labute approximate surface area is 172 Å². The van der Waals surface area contributed by atoms with Crippen LogP contribution in [0.3, 0.4) is 0 Å². The molecule has 1 aromatic rings. The maximum atomic E-state index is 12.0. The molecule has 158 valence electrons. The summed E-state index contributed by atoms with van der Waals surface area (Å²) in [6, 6.07) is 9.94. The third kappa shape index (κ3) is 10.1. The minimum Gasteiger partial charge on any atom is -0.465 e. The van der Waals surface area contributed by atoms with Crippen LogP contribution in [0.1, 0.15) is 50.7 Å². The van der Waals surface area contributed by atoms with E-state index in [0.29, 0.717) is 12.8 Å². The Kier molecular flexibility index (Phi) is 11.1. The number of carbonyl (C=O) groups is 2. The molecule has 0 N–H and O–H groups in total. The summed E-state index contributed by atoms with van der Waals surface area (Å²) in [5, 5.41) is 0. The largest absolute Gasteiger partial charge is 0.465 e. The molecule has 0 aliphatic carbocycles. The molecule has 0 fully saturated rings. The number of esters is 2. The van der Waals surface area contributed by atoms with Gasteiger partial charge in [0.15, 0.2) is 5.92 Å². The van der Waals surface area contributed by atoms with E-state index >= 15 is 0 Å². The number of ether oxygens (including phenoxy) is 2. The molecule has 1 aromatic carbocycles. The lowest BCUT2D eigenvalue weighted by Crippen LogP contribution is -2.28. The molecule has 0 saturated carbocycles. The molecule has 5 heteroatoms. The number of benzene rings is 1. The maximum absolute atomic E-state index is 12.0. The molecule has 0 aliphatic rings. The second-order valence-corrected chi connectivity index (χ2v) is 14.2. The third-order valence-corrected chi connectivity index (χ3v) is 6.63. The average molecular weight is 407 g/mol. The van der Waals surface area contributed by atoms with E-state index in [4.69, 9.17) is 9.47 Å². The summed E-state index contributed by atoms with van der Waals surface area (Å²) in [7, 11) is -0.905. The monoisotopic (exact) mass is 406 g/mol. The zero-order valence-corrected chi connectivity index (χ0v) is 19.4. The van der Waals surface area contributed by atoms with Crippen molar-refractivity contribution in [3.05, 3.63) is 35.4 Å². The summed E-state index contributed by atoms with van der Waals surface area (Å²) >= 11 is 0. The van der Waals surface area contributed by atoms with Crippen LogP contribution in [0.4, 0.5) is 0 Å². The predicted molar refractivity (Wildman–Crippen MR) is 117 cm³/mol. The summed E-state index contributed by atoms with van der Waals surface area (Å²) in [5.74, 6) is -1.82. The van der Waals surface area contributed by atoms with Crippen molar-refractivity contribution in [1.29, 1.82) is 0 Å². The zero-order chi connectivity index (χ0) is 21.0. The normalized spacial score (nSPS) is 11.5. The van der Waals surface area contributed by atoms with Crippen LogP contribution in [0.2, 0.25) is 25.7 Å². The Morgan fingerprint density at radius 2 is 1.32 bits per heavy atom. The first kappa shape index (κ1) is 24.4. The molecule has 0 amide bonds. The van der Waals surface area contributed by atoms with Gasteiger partial charge in [0.05, 0.1) is 13.2 Å². The van der Waals surface area contributed by atoms with Gasteiger partial charge in [0.2, 0.25) is 0 Å². The van der Waals surface area contributed by atoms with E-state index in [1.807, 2.05) is 0 Å². The van der Waals surface area contributed by atoms with E-state index in [1.54, 1.807) is 13.8 Å². The number of carbonyl (C=O) groups excluding carboxylic acids is 2. The second kappa shape index (κ2) is 12.8. The van der Waals surface area contributed by atoms with Crippen LogP contribution in [-0.2, 0) is 31.9 Å². The summed E-state index contributed by atoms with van der Waals surface area (Å²) < 4.78 is 10.1. The Bertz CT molecular complexity index is 572. The Morgan fingerprint density at radius 1 is 0.821 bits per heavy atom. The van der Waals surface area contributed by atoms with Gasteiger partial charge in [-0.3, -0.25) is 9.59 Å². The fraction of sp³-hybridized carbons (Fsp3) is 0.652. The van der Waals surface area contributed by atoms with Crippen molar-refractivity contribution in [3.63, 3.8) is 0 Å². The quantitative estimate of drug-likeness (QED) is 0.190. The van der Waals surface area contributed by atoms with Crippen molar-refractivity contribution in [2.45, 2.75) is 78.1 Å². The number of hydrogen-bond donors (Lipinski definition) is 0. The maximum Gasteiger partial charge on any atom is 0.320 e. The van der Waals surface area contributed by atoms with Crippen molar-refractivity contribution in [2.75, 3.05) is 13.2 Å². The van der Waals surface area contributed by atoms with Gasteiger partial charge in [-0.2, -0.15) is 0 Å². The van der Waals surface area contributed by atoms with Gasteiger partial charge < -0.3 is 9.47 Å². The summed E-state index contributed by atoms with van der Waals surface area (Å²) in [6.45, 7) is 11.3. The van der Waals surface area contributed by atoms with Crippen LogP contribution in [0.25, 0.3) is 0 Å². The molecule has 0 aliphatic heterocycles. The first-order chi connectivity index (χ1) is 13.3. The SMILES string of the molecule is CCOC(=O)C(CCc1ccc(CCCCC[Si](C)(C)C)cc1)C(=O)OCC. The molecule has 1 rings (SSSR count). The fourth-order valence-electron chi connectivity index (χ4n) is 3.16. The lowest BCUT2D eigenvalue weighted by atomic mass is 9.98. The molecular formula is C23H38O4Si. The van der Waals surface area contributed by atoms with Gasteiger partial charge >= 0.3 is 11.9 Å². The topological polar surface area (TPSA) is 52.6 Å². The van der Waals surface area contributed by atoms with E-state index in [9.17, 15) is 9.59 Å². The molecule has 0 spiro atoms. The summed E-state index contributed by atoms with van der Waals surface area (Å²) in [5.41, 5.74) is 2.48. The van der Waals surface area contributed by atoms with E-state index in [2.05, 4.69) is 43.9 Å². The lowest BCUT2D eigenvalue weighted by molar-refractivity contribution is -0.161. The smallest absolute Gasteiger partial charge is 0.320 e. The molecule has 0 unspecified atom stereocenters. The molecule has 28 heavy (non-hydrogen) atoms. The third-order valence-electron chi connectivity index (χ3n) is 4.78. The molecule has 0 aromatic heterocycles. The van der Waals surface area contributed by atoms with Crippen LogP contribution in [0.15, 0.2) is 24.3 Å². The van der Waals surface area contributed by atoms with E-state index < -0.39 is 25.9 Å². The fourth-order valence-corrected chi connectivity index (χ4v) is 4.47. The first-order valence-electron chi connectivity index (χ1n) is 10.7. The Hall–Kier alpha value is -1.62. The van der Waals surface area contributed by atoms with Gasteiger partial charge in [-0.15, -0.1) is 0 Å². The molecule has 0 radical (unpaired) electrons. The van der Waals surface area contributed by atoms with E-state index in [1.165, 1.54) is 30.9 Å². The molecule has 0 saturated heterocycles. The lowest BCUT2D eigenvalue weighted by Gasteiger charge is -2.15. The van der Waals surface area contributed by atoms with E-state index in [-0.39, 0.29) is 13.2 Å². The number of aryl methyl sites for hydroxylation is 2. The van der Waals surface area contributed by atoms with Gasteiger partial charge in [0, 0.05) is 8.07 Å². The average Bonchev–Trinajstić information content (AvgIpc) is 2.62. The molecule has 4 nitrogen and oxygen atoms in total.